The summed E-state index contributed by atoms with van der Waals surface area (Å²) in [6.07, 6.45) is -36.9. The molecule has 0 aromatic carbocycles. The van der Waals surface area contributed by atoms with Gasteiger partial charge in [-0.05, 0) is 0 Å². The van der Waals surface area contributed by atoms with E-state index in [1.807, 2.05) is 0 Å². The molecule has 388 valence electrons. The largest absolute Gasteiger partial charge is 0.394 e. The highest BCUT2D eigenvalue weighted by atomic mass is 16.7. The van der Waals surface area contributed by atoms with Crippen molar-refractivity contribution in [2.45, 2.75) is 141 Å². The Hall–Kier alpha value is -1.24. The zero-order valence-corrected chi connectivity index (χ0v) is 34.1. The molecular weight excluding hydrogens is 892 g/mol. The van der Waals surface area contributed by atoms with E-state index in [9.17, 15) is 61.3 Å². The van der Waals surface area contributed by atoms with E-state index in [4.69, 9.17) is 95.5 Å². The molecule has 0 aromatic heterocycles. The molecule has 0 aliphatic carbocycles. The molecule has 0 saturated carbocycles. The normalized spacial score (nSPS) is 32.1. The van der Waals surface area contributed by atoms with Gasteiger partial charge in [-0.1, -0.05) is 0 Å². The first-order valence-corrected chi connectivity index (χ1v) is 19.2. The van der Waals surface area contributed by atoms with Crippen LogP contribution >= 0.6 is 0 Å². The molecule has 27 N–H and O–H groups in total. The Labute approximate surface area is 363 Å². The molecule has 2 rings (SSSR count). The van der Waals surface area contributed by atoms with E-state index in [2.05, 4.69) is 0 Å². The van der Waals surface area contributed by atoms with E-state index in [0.29, 0.717) is 0 Å². The van der Waals surface area contributed by atoms with Crippen LogP contribution in [0.25, 0.3) is 0 Å². The van der Waals surface area contributed by atoms with Gasteiger partial charge in [0.2, 0.25) is 0 Å². The minimum atomic E-state index is -1.85. The summed E-state index contributed by atoms with van der Waals surface area (Å²) in [5.41, 5.74) is 0. The van der Waals surface area contributed by atoms with Crippen LogP contribution in [0.1, 0.15) is 0 Å². The van der Waals surface area contributed by atoms with Crippen LogP contribution < -0.4 is 0 Å². The second-order valence-electron chi connectivity index (χ2n) is 14.1. The van der Waals surface area contributed by atoms with Crippen molar-refractivity contribution >= 4 is 0 Å². The van der Waals surface area contributed by atoms with Crippen LogP contribution in [-0.4, -0.2) is 345 Å². The Morgan fingerprint density at radius 3 is 0.750 bits per heavy atom. The molecule has 31 heteroatoms. The third-order valence-corrected chi connectivity index (χ3v) is 9.23. The van der Waals surface area contributed by atoms with Crippen LogP contribution in [-0.2, 0) is 18.9 Å². The predicted octanol–water partition coefficient (Wildman–Crippen LogP) is -16.8. The Morgan fingerprint density at radius 1 is 0.297 bits per heavy atom. The van der Waals surface area contributed by atoms with Crippen molar-refractivity contribution in [3.63, 3.8) is 0 Å². The Kier molecular flexibility index (Phi) is 34.6. The van der Waals surface area contributed by atoms with Gasteiger partial charge in [0, 0.05) is 0 Å². The van der Waals surface area contributed by atoms with Crippen molar-refractivity contribution in [1.82, 2.24) is 0 Å². The Morgan fingerprint density at radius 2 is 0.531 bits per heavy atom. The average Bonchev–Trinajstić information content (AvgIpc) is 3.32. The average molecular weight is 963 g/mol. The second kappa shape index (κ2) is 34.1. The van der Waals surface area contributed by atoms with Crippen LogP contribution in [0.5, 0.6) is 0 Å². The van der Waals surface area contributed by atoms with Gasteiger partial charge in [0.25, 0.3) is 0 Å². The molecule has 0 aromatic rings. The van der Waals surface area contributed by atoms with Crippen molar-refractivity contribution < 1.29 is 157 Å². The highest BCUT2D eigenvalue weighted by Crippen LogP contribution is 2.26. The summed E-state index contributed by atoms with van der Waals surface area (Å²) in [6.45, 7) is -7.24. The maximum absolute atomic E-state index is 9.83. The van der Waals surface area contributed by atoms with Gasteiger partial charge in [-0.3, -0.25) is 0 Å². The molecule has 23 atom stereocenters. The molecule has 2 aliphatic heterocycles. The van der Waals surface area contributed by atoms with E-state index < -0.39 is 207 Å². The van der Waals surface area contributed by atoms with E-state index in [1.54, 1.807) is 0 Å². The van der Waals surface area contributed by atoms with Gasteiger partial charge >= 0.3 is 0 Å². The molecule has 2 fully saturated rings. The zero-order valence-electron chi connectivity index (χ0n) is 34.1. The summed E-state index contributed by atoms with van der Waals surface area (Å²) in [4.78, 5) is 0. The van der Waals surface area contributed by atoms with Gasteiger partial charge in [-0.2, -0.15) is 0 Å². The summed E-state index contributed by atoms with van der Waals surface area (Å²) in [7, 11) is 0. The Bertz CT molecular complexity index is 1040. The molecular formula is C33H70O31. The lowest BCUT2D eigenvalue weighted by atomic mass is 9.98. The summed E-state index contributed by atoms with van der Waals surface area (Å²) >= 11 is 0. The van der Waals surface area contributed by atoms with Gasteiger partial charge in [-0.25, -0.2) is 0 Å². The molecule has 2 aliphatic rings. The number of aliphatic hydroxyl groups is 27. The number of aliphatic hydroxyl groups excluding tert-OH is 27. The van der Waals surface area contributed by atoms with Gasteiger partial charge in [0.1, 0.15) is 128 Å². The fraction of sp³-hybridized carbons (Fsp3) is 1.00. The summed E-state index contributed by atoms with van der Waals surface area (Å²) in [5, 5.41) is 246. The summed E-state index contributed by atoms with van der Waals surface area (Å²) < 4.78 is 20.3. The minimum Gasteiger partial charge on any atom is -0.394 e. The third kappa shape index (κ3) is 20.5. The van der Waals surface area contributed by atoms with Crippen LogP contribution in [0.15, 0.2) is 0 Å². The van der Waals surface area contributed by atoms with Crippen LogP contribution in [0.4, 0.5) is 0 Å². The van der Waals surface area contributed by atoms with Crippen molar-refractivity contribution in [2.75, 3.05) is 66.1 Å². The first-order chi connectivity index (χ1) is 29.9. The molecule has 0 bridgehead atoms. The molecule has 64 heavy (non-hydrogen) atoms. The van der Waals surface area contributed by atoms with Gasteiger partial charge in [0.15, 0.2) is 12.6 Å². The predicted molar refractivity (Wildman–Crippen MR) is 200 cm³/mol. The second-order valence-corrected chi connectivity index (χ2v) is 14.1. The first kappa shape index (κ1) is 64.8. The lowest BCUT2D eigenvalue weighted by Gasteiger charge is -2.42. The molecule has 0 radical (unpaired) electrons. The SMILES string of the molecule is OCC(O)C(O)CO.OC[C@@H](O)[C@@H](O[C@@H]1O[C@H](CO)[C@H](O)[C@H](O)[C@H]1O)[C@H](O)[C@@H](O)CO.OC[C@@H](O)[C@@H](O[C@H]1O[C@H](CO)[C@@H](O)[C@H](O)[C@H]1O)[C@H](O)[C@@H](O)CO.OC[C@@H](O)[C@H](O)[C@@H](O)CO. The quantitative estimate of drug-likeness (QED) is 0.0452. The third-order valence-electron chi connectivity index (χ3n) is 9.23. The van der Waals surface area contributed by atoms with Crippen molar-refractivity contribution in [2.24, 2.45) is 0 Å². The van der Waals surface area contributed by atoms with Gasteiger partial charge < -0.3 is 157 Å². The smallest absolute Gasteiger partial charge is 0.187 e. The Balaban J connectivity index is 0. The lowest BCUT2D eigenvalue weighted by molar-refractivity contribution is -0.327. The number of ether oxygens (including phenoxy) is 4. The fourth-order valence-corrected chi connectivity index (χ4v) is 5.04. The van der Waals surface area contributed by atoms with Crippen molar-refractivity contribution in [3.8, 4) is 0 Å². The molecule has 0 amide bonds. The maximum Gasteiger partial charge on any atom is 0.187 e. The summed E-state index contributed by atoms with van der Waals surface area (Å²) in [5.74, 6) is 0. The number of hydrogen-bond donors (Lipinski definition) is 27. The molecule has 2 unspecified atom stereocenters. The van der Waals surface area contributed by atoms with E-state index in [0.717, 1.165) is 0 Å². The van der Waals surface area contributed by atoms with Crippen molar-refractivity contribution in [1.29, 1.82) is 0 Å². The molecule has 0 spiro atoms. The molecule has 2 heterocycles. The van der Waals surface area contributed by atoms with E-state index in [-0.39, 0.29) is 0 Å². The van der Waals surface area contributed by atoms with Crippen LogP contribution in [0, 0.1) is 0 Å². The summed E-state index contributed by atoms with van der Waals surface area (Å²) in [6, 6.07) is 0. The highest BCUT2D eigenvalue weighted by molar-refractivity contribution is 4.92. The van der Waals surface area contributed by atoms with Crippen LogP contribution in [0.3, 0.4) is 0 Å². The topological polar surface area (TPSA) is 583 Å². The van der Waals surface area contributed by atoms with E-state index >= 15 is 0 Å². The number of hydrogen-bond acceptors (Lipinski definition) is 31. The highest BCUT2D eigenvalue weighted by Gasteiger charge is 2.48. The fourth-order valence-electron chi connectivity index (χ4n) is 5.04. The standard InChI is InChI=1S/2C12H24O11.C5H12O5.C4H10O4/c2*13-1-4(16)7(18)11(5(17)2-14)23-12-10(21)9(20)8(19)6(3-15)22-12;6-1-3(8)5(10)4(9)2-7;5-1-3(7)4(8)2-6/h2*4-21H,1-3H2;3-10H,1-2H2;3-8H,1-2H2/t4-,5+,6+,7+,8+,9-,10+,11+,12+;4-,5+,6+,7+,8-,9-,10+,11+,12-;3-,4+,5+;/m00../s1. The molecule has 2 saturated heterocycles. The van der Waals surface area contributed by atoms with Gasteiger partial charge in [-0.15, -0.1) is 0 Å². The minimum absolute atomic E-state index is 0.526. The molecule has 31 nitrogen and oxygen atoms in total. The van der Waals surface area contributed by atoms with Crippen molar-refractivity contribution in [3.05, 3.63) is 0 Å². The monoisotopic (exact) mass is 962 g/mol. The zero-order chi connectivity index (χ0) is 50.2. The van der Waals surface area contributed by atoms with Crippen LogP contribution in [0.2, 0.25) is 0 Å². The maximum atomic E-state index is 9.83. The van der Waals surface area contributed by atoms with E-state index in [1.165, 1.54) is 0 Å². The lowest BCUT2D eigenvalue weighted by Crippen LogP contribution is -2.61. The first-order valence-electron chi connectivity index (χ1n) is 19.2. The van der Waals surface area contributed by atoms with Gasteiger partial charge in [0.05, 0.1) is 66.1 Å². The number of rotatable bonds is 23.